The molecule has 0 aliphatic carbocycles. The number of benzene rings is 1. The maximum atomic E-state index is 11.9. The first kappa shape index (κ1) is 11.4. The van der Waals surface area contributed by atoms with E-state index in [1.807, 2.05) is 30.3 Å². The predicted octanol–water partition coefficient (Wildman–Crippen LogP) is 1.63. The van der Waals surface area contributed by atoms with Gasteiger partial charge in [-0.15, -0.1) is 0 Å². The van der Waals surface area contributed by atoms with Crippen molar-refractivity contribution in [2.75, 3.05) is 26.3 Å². The van der Waals surface area contributed by atoms with Crippen molar-refractivity contribution < 1.29 is 9.15 Å². The third-order valence-corrected chi connectivity index (χ3v) is 3.21. The second kappa shape index (κ2) is 4.92. The quantitative estimate of drug-likeness (QED) is 0.754. The van der Waals surface area contributed by atoms with Crippen LogP contribution in [0.4, 0.5) is 0 Å². The van der Waals surface area contributed by atoms with Crippen molar-refractivity contribution >= 4 is 11.0 Å². The molecule has 0 spiro atoms. The molecule has 4 nitrogen and oxygen atoms in total. The molecule has 1 aromatic carbocycles. The maximum Gasteiger partial charge on any atom is 0.340 e. The molecular weight excluding hydrogens is 230 g/mol. The lowest BCUT2D eigenvalue weighted by Crippen LogP contribution is -2.36. The molecule has 18 heavy (non-hydrogen) atoms. The highest BCUT2D eigenvalue weighted by Gasteiger charge is 2.13. The Labute approximate surface area is 105 Å². The van der Waals surface area contributed by atoms with E-state index < -0.39 is 0 Å². The zero-order valence-corrected chi connectivity index (χ0v) is 10.1. The summed E-state index contributed by atoms with van der Waals surface area (Å²) in [6.45, 7) is 3.84. The molecule has 1 aromatic heterocycles. The maximum absolute atomic E-state index is 11.9. The van der Waals surface area contributed by atoms with Crippen LogP contribution in [-0.4, -0.2) is 31.2 Å². The molecule has 3 rings (SSSR count). The number of nitrogens with zero attached hydrogens (tertiary/aromatic N) is 1. The normalized spacial score (nSPS) is 17.1. The van der Waals surface area contributed by atoms with Gasteiger partial charge in [0.1, 0.15) is 5.58 Å². The molecule has 4 heteroatoms. The summed E-state index contributed by atoms with van der Waals surface area (Å²) in [6, 6.07) is 9.51. The molecule has 1 saturated heterocycles. The number of fused-ring (bicyclic) bond motifs is 1. The molecule has 0 atom stereocenters. The lowest BCUT2D eigenvalue weighted by molar-refractivity contribution is 0.0338. The Balaban J connectivity index is 1.91. The Kier molecular flexibility index (Phi) is 3.13. The minimum absolute atomic E-state index is 0.236. The average molecular weight is 245 g/mol. The van der Waals surface area contributed by atoms with Crippen LogP contribution in [0.15, 0.2) is 39.5 Å². The second-order valence-corrected chi connectivity index (χ2v) is 4.49. The second-order valence-electron chi connectivity index (χ2n) is 4.49. The molecule has 0 N–H and O–H groups in total. The summed E-state index contributed by atoms with van der Waals surface area (Å²) in [5, 5.41) is 0.973. The van der Waals surface area contributed by atoms with E-state index in [1.54, 1.807) is 0 Å². The molecule has 0 radical (unpaired) electrons. The molecule has 1 aliphatic heterocycles. The predicted molar refractivity (Wildman–Crippen MR) is 68.6 cm³/mol. The van der Waals surface area contributed by atoms with E-state index >= 15 is 0 Å². The number of ether oxygens (including phenoxy) is 1. The van der Waals surface area contributed by atoms with Crippen molar-refractivity contribution in [2.24, 2.45) is 0 Å². The van der Waals surface area contributed by atoms with Crippen LogP contribution < -0.4 is 5.63 Å². The van der Waals surface area contributed by atoms with Gasteiger partial charge in [-0.1, -0.05) is 18.2 Å². The summed E-state index contributed by atoms with van der Waals surface area (Å²) in [6.07, 6.45) is 0. The van der Waals surface area contributed by atoms with Crippen molar-refractivity contribution in [3.63, 3.8) is 0 Å². The smallest absolute Gasteiger partial charge is 0.340 e. The van der Waals surface area contributed by atoms with E-state index in [2.05, 4.69) is 4.90 Å². The first-order valence-electron chi connectivity index (χ1n) is 6.15. The topological polar surface area (TPSA) is 42.7 Å². The Morgan fingerprint density at radius 1 is 1.17 bits per heavy atom. The van der Waals surface area contributed by atoms with E-state index in [-0.39, 0.29) is 5.63 Å². The molecule has 2 aromatic rings. The number of hydrogen-bond donors (Lipinski definition) is 0. The zero-order valence-electron chi connectivity index (χ0n) is 10.1. The van der Waals surface area contributed by atoms with Crippen molar-refractivity contribution in [3.05, 3.63) is 46.3 Å². The molecule has 1 fully saturated rings. The monoisotopic (exact) mass is 245 g/mol. The molecule has 1 aliphatic rings. The van der Waals surface area contributed by atoms with Crippen LogP contribution in [0.25, 0.3) is 11.0 Å². The minimum atomic E-state index is -0.236. The Hall–Kier alpha value is -1.65. The molecule has 0 bridgehead atoms. The summed E-state index contributed by atoms with van der Waals surface area (Å²) in [4.78, 5) is 14.1. The van der Waals surface area contributed by atoms with E-state index in [0.717, 1.165) is 37.3 Å². The van der Waals surface area contributed by atoms with Crippen LogP contribution in [-0.2, 0) is 11.3 Å². The highest BCUT2D eigenvalue weighted by molar-refractivity contribution is 5.76. The standard InChI is InChI=1S/C14H15NO3/c16-14-12(10-15-5-7-17-8-6-15)9-11-3-1-2-4-13(11)18-14/h1-4,9H,5-8,10H2. The van der Waals surface area contributed by atoms with Gasteiger partial charge in [-0.3, -0.25) is 4.90 Å². The summed E-state index contributed by atoms with van der Waals surface area (Å²) in [5.74, 6) is 0. The molecular formula is C14H15NO3. The first-order valence-corrected chi connectivity index (χ1v) is 6.15. The summed E-state index contributed by atoms with van der Waals surface area (Å²) < 4.78 is 10.6. The van der Waals surface area contributed by atoms with Crippen LogP contribution >= 0.6 is 0 Å². The van der Waals surface area contributed by atoms with Crippen LogP contribution in [0.2, 0.25) is 0 Å². The van der Waals surface area contributed by atoms with Gasteiger partial charge in [0, 0.05) is 25.0 Å². The van der Waals surface area contributed by atoms with Crippen LogP contribution in [0.1, 0.15) is 5.56 Å². The van der Waals surface area contributed by atoms with Crippen molar-refractivity contribution in [1.29, 1.82) is 0 Å². The van der Waals surface area contributed by atoms with Crippen molar-refractivity contribution in [1.82, 2.24) is 4.90 Å². The fraction of sp³-hybridized carbons (Fsp3) is 0.357. The lowest BCUT2D eigenvalue weighted by atomic mass is 10.2. The number of para-hydroxylation sites is 1. The van der Waals surface area contributed by atoms with Crippen molar-refractivity contribution in [3.8, 4) is 0 Å². The first-order chi connectivity index (χ1) is 8.83. The van der Waals surface area contributed by atoms with Gasteiger partial charge in [-0.25, -0.2) is 4.79 Å². The van der Waals surface area contributed by atoms with E-state index in [4.69, 9.17) is 9.15 Å². The largest absolute Gasteiger partial charge is 0.422 e. The zero-order chi connectivity index (χ0) is 12.4. The van der Waals surface area contributed by atoms with Gasteiger partial charge >= 0.3 is 5.63 Å². The van der Waals surface area contributed by atoms with Crippen LogP contribution in [0.3, 0.4) is 0 Å². The third kappa shape index (κ3) is 2.30. The number of rotatable bonds is 2. The fourth-order valence-corrected chi connectivity index (χ4v) is 2.22. The minimum Gasteiger partial charge on any atom is -0.422 e. The Morgan fingerprint density at radius 3 is 2.78 bits per heavy atom. The average Bonchev–Trinajstić information content (AvgIpc) is 2.41. The fourth-order valence-electron chi connectivity index (χ4n) is 2.22. The highest BCUT2D eigenvalue weighted by Crippen LogP contribution is 2.14. The summed E-state index contributed by atoms with van der Waals surface area (Å²) in [7, 11) is 0. The van der Waals surface area contributed by atoms with Crippen LogP contribution in [0, 0.1) is 0 Å². The highest BCUT2D eigenvalue weighted by atomic mass is 16.5. The third-order valence-electron chi connectivity index (χ3n) is 3.21. The van der Waals surface area contributed by atoms with Gasteiger partial charge in [0.15, 0.2) is 0 Å². The molecule has 2 heterocycles. The SMILES string of the molecule is O=c1oc2ccccc2cc1CN1CCOCC1. The summed E-state index contributed by atoms with van der Waals surface area (Å²) >= 11 is 0. The van der Waals surface area contributed by atoms with Gasteiger partial charge in [-0.2, -0.15) is 0 Å². The van der Waals surface area contributed by atoms with Gasteiger partial charge in [0.2, 0.25) is 0 Å². The Bertz CT molecular complexity index is 599. The van der Waals surface area contributed by atoms with Gasteiger partial charge in [0.05, 0.1) is 18.8 Å². The number of morpholine rings is 1. The Morgan fingerprint density at radius 2 is 1.94 bits per heavy atom. The molecule has 0 saturated carbocycles. The van der Waals surface area contributed by atoms with Crippen molar-refractivity contribution in [2.45, 2.75) is 6.54 Å². The van der Waals surface area contributed by atoms with E-state index in [0.29, 0.717) is 12.1 Å². The lowest BCUT2D eigenvalue weighted by Gasteiger charge is -2.26. The van der Waals surface area contributed by atoms with E-state index in [1.165, 1.54) is 0 Å². The van der Waals surface area contributed by atoms with Gasteiger partial charge in [0.25, 0.3) is 0 Å². The molecule has 94 valence electrons. The van der Waals surface area contributed by atoms with Crippen LogP contribution in [0.5, 0.6) is 0 Å². The van der Waals surface area contributed by atoms with Gasteiger partial charge in [-0.05, 0) is 12.1 Å². The number of hydrogen-bond acceptors (Lipinski definition) is 4. The summed E-state index contributed by atoms with van der Waals surface area (Å²) in [5.41, 5.74) is 1.13. The molecule has 0 amide bonds. The molecule has 0 unspecified atom stereocenters. The van der Waals surface area contributed by atoms with Gasteiger partial charge < -0.3 is 9.15 Å². The van der Waals surface area contributed by atoms with E-state index in [9.17, 15) is 4.79 Å².